The molecule has 3 aromatic rings. The summed E-state index contributed by atoms with van der Waals surface area (Å²) in [4.78, 5) is 20.0. The van der Waals surface area contributed by atoms with Crippen molar-refractivity contribution in [2.45, 2.75) is 13.0 Å². The molecule has 2 aromatic carbocycles. The third-order valence-electron chi connectivity index (χ3n) is 4.62. The molecule has 6 heteroatoms. The van der Waals surface area contributed by atoms with Crippen LogP contribution in [0.15, 0.2) is 54.6 Å². The zero-order valence-corrected chi connectivity index (χ0v) is 15.7. The van der Waals surface area contributed by atoms with Crippen LogP contribution in [0.5, 0.6) is 0 Å². The van der Waals surface area contributed by atoms with Crippen LogP contribution in [0.2, 0.25) is 0 Å². The van der Waals surface area contributed by atoms with Gasteiger partial charge in [-0.05, 0) is 13.0 Å². The number of ether oxygens (including phenoxy) is 1. The average molecular weight is 382 g/mol. The smallest absolute Gasteiger partial charge is 0.266 e. The van der Waals surface area contributed by atoms with Crippen molar-refractivity contribution in [2.24, 2.45) is 0 Å². The molecule has 4 nitrogen and oxygen atoms in total. The van der Waals surface area contributed by atoms with E-state index in [1.165, 1.54) is 17.4 Å². The Morgan fingerprint density at radius 3 is 2.70 bits per heavy atom. The number of morpholine rings is 1. The van der Waals surface area contributed by atoms with Gasteiger partial charge in [-0.15, -0.1) is 11.3 Å². The monoisotopic (exact) mass is 382 g/mol. The number of carbonyl (C=O) groups is 1. The van der Waals surface area contributed by atoms with E-state index in [0.29, 0.717) is 30.1 Å². The van der Waals surface area contributed by atoms with Crippen molar-refractivity contribution >= 4 is 17.2 Å². The molecule has 4 rings (SSSR count). The van der Waals surface area contributed by atoms with Crippen LogP contribution >= 0.6 is 11.3 Å². The van der Waals surface area contributed by atoms with E-state index in [-0.39, 0.29) is 11.7 Å². The minimum atomic E-state index is -0.453. The van der Waals surface area contributed by atoms with E-state index in [2.05, 4.69) is 4.98 Å². The molecule has 0 saturated carbocycles. The van der Waals surface area contributed by atoms with E-state index in [4.69, 9.17) is 4.74 Å². The van der Waals surface area contributed by atoms with Gasteiger partial charge in [0.15, 0.2) is 0 Å². The van der Waals surface area contributed by atoms with E-state index in [1.807, 2.05) is 37.3 Å². The fourth-order valence-corrected chi connectivity index (χ4v) is 4.24. The van der Waals surface area contributed by atoms with Crippen molar-refractivity contribution < 1.29 is 13.9 Å². The van der Waals surface area contributed by atoms with Crippen LogP contribution < -0.4 is 0 Å². The number of rotatable bonds is 3. The standard InChI is InChI=1S/C21H19FN2O2S/c1-14-19(27-20(23-14)15-7-3-2-4-8-15)21(25)24-11-12-26-18(13-24)16-9-5-6-10-17(16)22/h2-10,18H,11-13H2,1H3. The van der Waals surface area contributed by atoms with Crippen molar-refractivity contribution in [3.63, 3.8) is 0 Å². The molecule has 1 unspecified atom stereocenters. The lowest BCUT2D eigenvalue weighted by Gasteiger charge is -2.33. The molecule has 2 heterocycles. The summed E-state index contributed by atoms with van der Waals surface area (Å²) >= 11 is 1.40. The van der Waals surface area contributed by atoms with Crippen LogP contribution in [0, 0.1) is 12.7 Å². The molecule has 1 amide bonds. The Labute approximate surface area is 161 Å². The fourth-order valence-electron chi connectivity index (χ4n) is 3.20. The quantitative estimate of drug-likeness (QED) is 0.671. The number of hydrogen-bond donors (Lipinski definition) is 0. The van der Waals surface area contributed by atoms with Crippen molar-refractivity contribution in [1.82, 2.24) is 9.88 Å². The fraction of sp³-hybridized carbons (Fsp3) is 0.238. The molecule has 1 fully saturated rings. The zero-order valence-electron chi connectivity index (χ0n) is 14.9. The summed E-state index contributed by atoms with van der Waals surface area (Å²) in [5.41, 5.74) is 2.20. The van der Waals surface area contributed by atoms with Gasteiger partial charge in [0.2, 0.25) is 0 Å². The van der Waals surface area contributed by atoms with Gasteiger partial charge >= 0.3 is 0 Å². The first kappa shape index (κ1) is 17.8. The molecular weight excluding hydrogens is 363 g/mol. The second-order valence-corrected chi connectivity index (χ2v) is 7.43. The molecular formula is C21H19FN2O2S. The Morgan fingerprint density at radius 2 is 1.93 bits per heavy atom. The van der Waals surface area contributed by atoms with Crippen LogP contribution in [0.25, 0.3) is 10.6 Å². The van der Waals surface area contributed by atoms with Crippen LogP contribution in [0.3, 0.4) is 0 Å². The second-order valence-electron chi connectivity index (χ2n) is 6.43. The van der Waals surface area contributed by atoms with Crippen molar-refractivity contribution in [1.29, 1.82) is 0 Å². The number of benzene rings is 2. The molecule has 27 heavy (non-hydrogen) atoms. The third-order valence-corrected chi connectivity index (χ3v) is 5.81. The van der Waals surface area contributed by atoms with Gasteiger partial charge in [0.25, 0.3) is 5.91 Å². The van der Waals surface area contributed by atoms with Gasteiger partial charge in [0.05, 0.1) is 18.8 Å². The van der Waals surface area contributed by atoms with Crippen LogP contribution in [-0.2, 0) is 4.74 Å². The maximum Gasteiger partial charge on any atom is 0.266 e. The number of aryl methyl sites for hydroxylation is 1. The van der Waals surface area contributed by atoms with E-state index in [9.17, 15) is 9.18 Å². The Hall–Kier alpha value is -2.57. The maximum atomic E-state index is 14.1. The van der Waals surface area contributed by atoms with Gasteiger partial charge in [0.1, 0.15) is 21.8 Å². The average Bonchev–Trinajstić information content (AvgIpc) is 3.10. The molecule has 138 valence electrons. The lowest BCUT2D eigenvalue weighted by molar-refractivity contribution is -0.0241. The number of nitrogens with zero attached hydrogens (tertiary/aromatic N) is 2. The lowest BCUT2D eigenvalue weighted by Crippen LogP contribution is -2.42. The van der Waals surface area contributed by atoms with Gasteiger partial charge in [0, 0.05) is 17.7 Å². The van der Waals surface area contributed by atoms with Gasteiger partial charge in [-0.1, -0.05) is 48.5 Å². The number of halogens is 1. The Morgan fingerprint density at radius 1 is 1.19 bits per heavy atom. The molecule has 0 radical (unpaired) electrons. The highest BCUT2D eigenvalue weighted by molar-refractivity contribution is 7.17. The van der Waals surface area contributed by atoms with Crippen molar-refractivity contribution in [3.05, 3.63) is 76.5 Å². The van der Waals surface area contributed by atoms with Crippen molar-refractivity contribution in [2.75, 3.05) is 19.7 Å². The minimum absolute atomic E-state index is 0.0724. The molecule has 0 N–H and O–H groups in total. The molecule has 1 atom stereocenters. The maximum absolute atomic E-state index is 14.1. The molecule has 1 aliphatic heterocycles. The zero-order chi connectivity index (χ0) is 18.8. The summed E-state index contributed by atoms with van der Waals surface area (Å²) in [7, 11) is 0. The molecule has 0 aliphatic carbocycles. The topological polar surface area (TPSA) is 42.4 Å². The summed E-state index contributed by atoms with van der Waals surface area (Å²) in [6, 6.07) is 16.4. The molecule has 1 saturated heterocycles. The number of amides is 1. The Bertz CT molecular complexity index is 958. The highest BCUT2D eigenvalue weighted by Gasteiger charge is 2.29. The second kappa shape index (κ2) is 7.58. The van der Waals surface area contributed by atoms with E-state index < -0.39 is 6.10 Å². The first-order valence-corrected chi connectivity index (χ1v) is 9.63. The number of hydrogen-bond acceptors (Lipinski definition) is 4. The summed E-state index contributed by atoms with van der Waals surface area (Å²) < 4.78 is 19.8. The SMILES string of the molecule is Cc1nc(-c2ccccc2)sc1C(=O)N1CCOC(c2ccccc2F)C1. The van der Waals surface area contributed by atoms with Crippen LogP contribution in [-0.4, -0.2) is 35.5 Å². The minimum Gasteiger partial charge on any atom is -0.370 e. The summed E-state index contributed by atoms with van der Waals surface area (Å²) in [6.45, 7) is 3.05. The van der Waals surface area contributed by atoms with Gasteiger partial charge < -0.3 is 9.64 Å². The molecule has 1 aromatic heterocycles. The largest absolute Gasteiger partial charge is 0.370 e. The highest BCUT2D eigenvalue weighted by Crippen LogP contribution is 2.30. The van der Waals surface area contributed by atoms with Gasteiger partial charge in [-0.2, -0.15) is 0 Å². The third kappa shape index (κ3) is 3.63. The first-order chi connectivity index (χ1) is 13.1. The summed E-state index contributed by atoms with van der Waals surface area (Å²) in [5.74, 6) is -0.381. The predicted octanol–water partition coefficient (Wildman–Crippen LogP) is 4.47. The first-order valence-electron chi connectivity index (χ1n) is 8.81. The predicted molar refractivity (Wildman–Crippen MR) is 103 cm³/mol. The normalized spacial score (nSPS) is 17.1. The lowest BCUT2D eigenvalue weighted by atomic mass is 10.1. The number of thiazole rings is 1. The molecule has 1 aliphatic rings. The van der Waals surface area contributed by atoms with Crippen LogP contribution in [0.4, 0.5) is 4.39 Å². The van der Waals surface area contributed by atoms with Gasteiger partial charge in [-0.25, -0.2) is 9.37 Å². The Kier molecular flexibility index (Phi) is 5.01. The molecule has 0 spiro atoms. The van der Waals surface area contributed by atoms with E-state index >= 15 is 0 Å². The highest BCUT2D eigenvalue weighted by atomic mass is 32.1. The number of aromatic nitrogens is 1. The van der Waals surface area contributed by atoms with Crippen LogP contribution in [0.1, 0.15) is 27.0 Å². The van der Waals surface area contributed by atoms with Crippen molar-refractivity contribution in [3.8, 4) is 10.6 Å². The summed E-state index contributed by atoms with van der Waals surface area (Å²) in [6.07, 6.45) is -0.453. The van der Waals surface area contributed by atoms with E-state index in [1.54, 1.807) is 23.1 Å². The Balaban J connectivity index is 1.56. The van der Waals surface area contributed by atoms with Gasteiger partial charge in [-0.3, -0.25) is 4.79 Å². The number of carbonyl (C=O) groups excluding carboxylic acids is 1. The summed E-state index contributed by atoms with van der Waals surface area (Å²) in [5, 5.41) is 0.829. The van der Waals surface area contributed by atoms with E-state index in [0.717, 1.165) is 16.3 Å². The molecule has 0 bridgehead atoms.